The third-order valence-electron chi connectivity index (χ3n) is 3.69. The first-order chi connectivity index (χ1) is 9.15. The second-order valence-electron chi connectivity index (χ2n) is 4.79. The molecule has 1 heterocycles. The Morgan fingerprint density at radius 3 is 2.47 bits per heavy atom. The number of likely N-dealkylation sites (N-methyl/N-ethyl adjacent to an activating group) is 1. The summed E-state index contributed by atoms with van der Waals surface area (Å²) in [5.41, 5.74) is 3.93. The molecule has 2 aromatic rings. The first-order valence-corrected chi connectivity index (χ1v) is 7.26. The van der Waals surface area contributed by atoms with E-state index in [9.17, 15) is 0 Å². The van der Waals surface area contributed by atoms with Gasteiger partial charge in [-0.1, -0.05) is 35.0 Å². The van der Waals surface area contributed by atoms with Gasteiger partial charge < -0.3 is 5.32 Å². The molecule has 1 aromatic carbocycles. The van der Waals surface area contributed by atoms with E-state index in [1.807, 2.05) is 19.4 Å². The van der Waals surface area contributed by atoms with Crippen molar-refractivity contribution in [1.29, 1.82) is 0 Å². The lowest BCUT2D eigenvalue weighted by atomic mass is 9.87. The minimum absolute atomic E-state index is 0.292. The van der Waals surface area contributed by atoms with Gasteiger partial charge in [0.1, 0.15) is 0 Å². The Balaban J connectivity index is 2.37. The van der Waals surface area contributed by atoms with E-state index in [1.165, 1.54) is 16.7 Å². The van der Waals surface area contributed by atoms with Gasteiger partial charge in [-0.3, -0.25) is 4.98 Å². The van der Waals surface area contributed by atoms with Crippen LogP contribution in [0.15, 0.2) is 47.2 Å². The zero-order chi connectivity index (χ0) is 13.8. The van der Waals surface area contributed by atoms with Gasteiger partial charge in [-0.15, -0.1) is 0 Å². The fourth-order valence-corrected chi connectivity index (χ4v) is 2.88. The fraction of sp³-hybridized carbons (Fsp3) is 0.312. The molecule has 1 aromatic heterocycles. The van der Waals surface area contributed by atoms with Crippen LogP contribution in [-0.2, 0) is 0 Å². The molecule has 2 unspecified atom stereocenters. The molecule has 0 saturated carbocycles. The SMILES string of the molecule is CNC(c1cccc(Br)c1C)C(C)c1ccncc1. The summed E-state index contributed by atoms with van der Waals surface area (Å²) < 4.78 is 1.16. The number of hydrogen-bond donors (Lipinski definition) is 1. The Kier molecular flexibility index (Phi) is 4.72. The largest absolute Gasteiger partial charge is 0.312 e. The quantitative estimate of drug-likeness (QED) is 0.913. The zero-order valence-corrected chi connectivity index (χ0v) is 13.1. The highest BCUT2D eigenvalue weighted by Gasteiger charge is 2.21. The van der Waals surface area contributed by atoms with Crippen molar-refractivity contribution in [3.63, 3.8) is 0 Å². The van der Waals surface area contributed by atoms with Crippen LogP contribution in [0.2, 0.25) is 0 Å². The number of aromatic nitrogens is 1. The third kappa shape index (κ3) is 3.04. The maximum atomic E-state index is 4.09. The molecule has 100 valence electrons. The zero-order valence-electron chi connectivity index (χ0n) is 11.5. The molecule has 0 aliphatic carbocycles. The summed E-state index contributed by atoms with van der Waals surface area (Å²) in [5, 5.41) is 3.44. The van der Waals surface area contributed by atoms with Gasteiger partial charge >= 0.3 is 0 Å². The lowest BCUT2D eigenvalue weighted by Crippen LogP contribution is -2.23. The van der Waals surface area contributed by atoms with Crippen LogP contribution in [0.3, 0.4) is 0 Å². The predicted molar refractivity (Wildman–Crippen MR) is 83.3 cm³/mol. The van der Waals surface area contributed by atoms with Crippen LogP contribution in [-0.4, -0.2) is 12.0 Å². The van der Waals surface area contributed by atoms with Crippen LogP contribution in [0, 0.1) is 6.92 Å². The van der Waals surface area contributed by atoms with E-state index < -0.39 is 0 Å². The molecular weight excluding hydrogens is 300 g/mol. The van der Waals surface area contributed by atoms with E-state index in [2.05, 4.69) is 70.4 Å². The number of nitrogens with zero attached hydrogens (tertiary/aromatic N) is 1. The topological polar surface area (TPSA) is 24.9 Å². The van der Waals surface area contributed by atoms with E-state index in [0.29, 0.717) is 12.0 Å². The lowest BCUT2D eigenvalue weighted by molar-refractivity contribution is 0.505. The van der Waals surface area contributed by atoms with E-state index in [-0.39, 0.29) is 0 Å². The minimum atomic E-state index is 0.292. The molecular formula is C16H19BrN2. The second-order valence-corrected chi connectivity index (χ2v) is 5.64. The number of hydrogen-bond acceptors (Lipinski definition) is 2. The predicted octanol–water partition coefficient (Wildman–Crippen LogP) is 4.22. The molecule has 3 heteroatoms. The van der Waals surface area contributed by atoms with Crippen molar-refractivity contribution in [3.05, 3.63) is 63.9 Å². The number of nitrogens with one attached hydrogen (secondary N) is 1. The van der Waals surface area contributed by atoms with Gasteiger partial charge in [-0.05, 0) is 48.9 Å². The van der Waals surface area contributed by atoms with Crippen LogP contribution in [0.25, 0.3) is 0 Å². The molecule has 19 heavy (non-hydrogen) atoms. The van der Waals surface area contributed by atoms with Crippen molar-refractivity contribution in [3.8, 4) is 0 Å². The average molecular weight is 319 g/mol. The molecule has 0 bridgehead atoms. The van der Waals surface area contributed by atoms with Gasteiger partial charge in [0.15, 0.2) is 0 Å². The lowest BCUT2D eigenvalue weighted by Gasteiger charge is -2.26. The third-order valence-corrected chi connectivity index (χ3v) is 4.55. The molecule has 2 nitrogen and oxygen atoms in total. The minimum Gasteiger partial charge on any atom is -0.312 e. The van der Waals surface area contributed by atoms with Crippen molar-refractivity contribution in [2.24, 2.45) is 0 Å². The fourth-order valence-electron chi connectivity index (χ4n) is 2.50. The smallest absolute Gasteiger partial charge is 0.0387 e. The van der Waals surface area contributed by atoms with E-state index >= 15 is 0 Å². The Labute approximate surface area is 123 Å². The highest BCUT2D eigenvalue weighted by molar-refractivity contribution is 9.10. The Bertz CT molecular complexity index is 540. The Morgan fingerprint density at radius 2 is 1.84 bits per heavy atom. The van der Waals surface area contributed by atoms with Gasteiger partial charge in [0.2, 0.25) is 0 Å². The summed E-state index contributed by atoms with van der Waals surface area (Å²) in [7, 11) is 2.02. The Hall–Kier alpha value is -1.19. The average Bonchev–Trinajstić information content (AvgIpc) is 2.45. The van der Waals surface area contributed by atoms with Gasteiger partial charge in [-0.25, -0.2) is 0 Å². The first-order valence-electron chi connectivity index (χ1n) is 6.47. The van der Waals surface area contributed by atoms with Gasteiger partial charge in [-0.2, -0.15) is 0 Å². The second kappa shape index (κ2) is 6.31. The highest BCUT2D eigenvalue weighted by atomic mass is 79.9. The molecule has 0 saturated heterocycles. The van der Waals surface area contributed by atoms with Gasteiger partial charge in [0, 0.05) is 28.8 Å². The number of benzene rings is 1. The molecule has 0 amide bonds. The molecule has 0 fully saturated rings. The van der Waals surface area contributed by atoms with Crippen molar-refractivity contribution in [1.82, 2.24) is 10.3 Å². The van der Waals surface area contributed by atoms with E-state index in [0.717, 1.165) is 4.47 Å². The maximum absolute atomic E-state index is 4.09. The van der Waals surface area contributed by atoms with Crippen LogP contribution < -0.4 is 5.32 Å². The van der Waals surface area contributed by atoms with Crippen molar-refractivity contribution in [2.75, 3.05) is 7.05 Å². The summed E-state index contributed by atoms with van der Waals surface area (Å²) in [4.78, 5) is 4.09. The van der Waals surface area contributed by atoms with E-state index in [4.69, 9.17) is 0 Å². The van der Waals surface area contributed by atoms with Crippen molar-refractivity contribution in [2.45, 2.75) is 25.8 Å². The molecule has 0 radical (unpaired) electrons. The normalized spacial score (nSPS) is 14.1. The van der Waals surface area contributed by atoms with Crippen LogP contribution in [0.5, 0.6) is 0 Å². The highest BCUT2D eigenvalue weighted by Crippen LogP contribution is 2.33. The van der Waals surface area contributed by atoms with Crippen LogP contribution in [0.1, 0.15) is 35.6 Å². The van der Waals surface area contributed by atoms with Crippen LogP contribution >= 0.6 is 15.9 Å². The molecule has 1 N–H and O–H groups in total. The van der Waals surface area contributed by atoms with Crippen LogP contribution in [0.4, 0.5) is 0 Å². The standard InChI is InChI=1S/C16H19BrN2/c1-11(13-7-9-19-10-8-13)16(18-3)14-5-4-6-15(17)12(14)2/h4-11,16,18H,1-3H3. The molecule has 0 aliphatic heterocycles. The number of halogens is 1. The summed E-state index contributed by atoms with van der Waals surface area (Å²) in [6.07, 6.45) is 3.71. The van der Waals surface area contributed by atoms with Gasteiger partial charge in [0.05, 0.1) is 0 Å². The maximum Gasteiger partial charge on any atom is 0.0387 e. The van der Waals surface area contributed by atoms with Gasteiger partial charge in [0.25, 0.3) is 0 Å². The summed E-state index contributed by atoms with van der Waals surface area (Å²) >= 11 is 3.61. The van der Waals surface area contributed by atoms with Crippen molar-refractivity contribution < 1.29 is 0 Å². The summed E-state index contributed by atoms with van der Waals surface area (Å²) in [6.45, 7) is 4.40. The monoisotopic (exact) mass is 318 g/mol. The molecule has 2 rings (SSSR count). The number of pyridine rings is 1. The van der Waals surface area contributed by atoms with Crippen molar-refractivity contribution >= 4 is 15.9 Å². The molecule has 0 spiro atoms. The summed E-state index contributed by atoms with van der Waals surface area (Å²) in [5.74, 6) is 0.390. The van der Waals surface area contributed by atoms with E-state index in [1.54, 1.807) is 0 Å². The number of rotatable bonds is 4. The Morgan fingerprint density at radius 1 is 1.16 bits per heavy atom. The first kappa shape index (κ1) is 14.2. The molecule has 2 atom stereocenters. The summed E-state index contributed by atoms with van der Waals surface area (Å²) in [6, 6.07) is 10.8. The molecule has 0 aliphatic rings.